The van der Waals surface area contributed by atoms with Gasteiger partial charge in [-0.3, -0.25) is 14.5 Å². The normalized spacial score (nSPS) is 12.3. The van der Waals surface area contributed by atoms with Crippen LogP contribution >= 0.6 is 0 Å². The summed E-state index contributed by atoms with van der Waals surface area (Å²) in [6, 6.07) is 24.4. The molecule has 0 aliphatic carbocycles. The molecule has 0 saturated carbocycles. The number of para-hydroxylation sites is 1. The number of benzene rings is 4. The van der Waals surface area contributed by atoms with Gasteiger partial charge in [0.2, 0.25) is 5.91 Å². The summed E-state index contributed by atoms with van der Waals surface area (Å²) in [6.07, 6.45) is 0.270. The minimum atomic E-state index is -0.368. The number of hydrogen-bond acceptors (Lipinski definition) is 4. The molecule has 1 aliphatic rings. The van der Waals surface area contributed by atoms with Gasteiger partial charge >= 0.3 is 0 Å². The number of rotatable bonds is 7. The Bertz CT molecular complexity index is 1580. The van der Waals surface area contributed by atoms with Crippen molar-refractivity contribution in [3.05, 3.63) is 125 Å². The number of nitrogens with zero attached hydrogens (tertiary/aromatic N) is 3. The van der Waals surface area contributed by atoms with E-state index in [-0.39, 0.29) is 36.4 Å². The van der Waals surface area contributed by atoms with Crippen LogP contribution in [0.2, 0.25) is 0 Å². The number of nitrogens with one attached hydrogen (secondary N) is 1. The van der Waals surface area contributed by atoms with Gasteiger partial charge in [-0.05, 0) is 80.3 Å². The summed E-state index contributed by atoms with van der Waals surface area (Å²) < 4.78 is 27.0. The second-order valence-corrected chi connectivity index (χ2v) is 9.78. The van der Waals surface area contributed by atoms with Crippen molar-refractivity contribution in [2.75, 3.05) is 25.5 Å². The molecule has 1 aliphatic heterocycles. The Kier molecular flexibility index (Phi) is 7.79. The molecule has 0 aromatic heterocycles. The molecule has 202 valence electrons. The van der Waals surface area contributed by atoms with E-state index in [1.807, 2.05) is 43.3 Å². The van der Waals surface area contributed by atoms with E-state index < -0.39 is 0 Å². The van der Waals surface area contributed by atoms with Crippen molar-refractivity contribution in [2.45, 2.75) is 13.0 Å². The fourth-order valence-electron chi connectivity index (χ4n) is 4.54. The van der Waals surface area contributed by atoms with Crippen molar-refractivity contribution < 1.29 is 18.4 Å². The van der Waals surface area contributed by atoms with Crippen molar-refractivity contribution in [1.82, 2.24) is 10.2 Å². The van der Waals surface area contributed by atoms with E-state index in [1.54, 1.807) is 47.4 Å². The van der Waals surface area contributed by atoms with Gasteiger partial charge in [0.1, 0.15) is 11.6 Å². The molecule has 0 saturated heterocycles. The van der Waals surface area contributed by atoms with Gasteiger partial charge in [-0.1, -0.05) is 30.3 Å². The van der Waals surface area contributed by atoms with Crippen LogP contribution in [0.4, 0.5) is 25.8 Å². The first-order valence-corrected chi connectivity index (χ1v) is 12.9. The van der Waals surface area contributed by atoms with Crippen LogP contribution in [-0.2, 0) is 11.3 Å². The molecule has 0 atom stereocenters. The third kappa shape index (κ3) is 5.82. The van der Waals surface area contributed by atoms with Crippen LogP contribution in [0.25, 0.3) is 0 Å². The Morgan fingerprint density at radius 1 is 0.850 bits per heavy atom. The highest BCUT2D eigenvalue weighted by Crippen LogP contribution is 2.41. The summed E-state index contributed by atoms with van der Waals surface area (Å²) in [4.78, 5) is 35.3. The van der Waals surface area contributed by atoms with Crippen LogP contribution in [0.5, 0.6) is 0 Å². The van der Waals surface area contributed by atoms with E-state index in [0.717, 1.165) is 5.56 Å². The summed E-state index contributed by atoms with van der Waals surface area (Å²) in [5, 5.41) is 2.85. The summed E-state index contributed by atoms with van der Waals surface area (Å²) in [7, 11) is 3.81. The minimum Gasteiger partial charge on any atom is -0.348 e. The molecule has 6 nitrogen and oxygen atoms in total. The molecule has 0 radical (unpaired) electrons. The number of anilines is 2. The molecule has 4 aromatic rings. The first kappa shape index (κ1) is 26.9. The van der Waals surface area contributed by atoms with Gasteiger partial charge in [0.05, 0.1) is 22.8 Å². The predicted molar refractivity (Wildman–Crippen MR) is 152 cm³/mol. The highest BCUT2D eigenvalue weighted by atomic mass is 19.1. The number of fused-ring (bicyclic) bond motifs is 2. The molecule has 0 bridgehead atoms. The zero-order valence-electron chi connectivity index (χ0n) is 22.2. The number of carbonyl (C=O) groups is 2. The van der Waals surface area contributed by atoms with Gasteiger partial charge in [-0.25, -0.2) is 13.8 Å². The van der Waals surface area contributed by atoms with Crippen LogP contribution in [0, 0.1) is 11.6 Å². The molecule has 40 heavy (non-hydrogen) atoms. The lowest BCUT2D eigenvalue weighted by molar-refractivity contribution is -0.118. The topological polar surface area (TPSA) is 65.0 Å². The maximum Gasteiger partial charge on any atom is 0.251 e. The van der Waals surface area contributed by atoms with Crippen LogP contribution in [-0.4, -0.2) is 43.1 Å². The van der Waals surface area contributed by atoms with Gasteiger partial charge in [0.25, 0.3) is 5.91 Å². The molecule has 0 unspecified atom stereocenters. The number of hydrogen-bond donors (Lipinski definition) is 1. The average Bonchev–Trinajstić information content (AvgIpc) is 3.10. The summed E-state index contributed by atoms with van der Waals surface area (Å²) in [5.41, 5.74) is 4.69. The monoisotopic (exact) mass is 538 g/mol. The standard InChI is InChI=1S/C32H28F2N4O2/c1-37(2)18-17-30(39)38-28-6-4-3-5-26(28)31(22-9-14-25(34)15-10-22)36-27-19-23(11-16-29(27)38)32(40)35-20-21-7-12-24(33)13-8-21/h3-16,19H,17-18,20H2,1-2H3,(H,35,40). The van der Waals surface area contributed by atoms with Gasteiger partial charge in [-0.15, -0.1) is 0 Å². The SMILES string of the molecule is CN(C)CCC(=O)N1c2ccc(C(=O)NCc3ccc(F)cc3)cc2N=C(c2ccc(F)cc2)c2ccccc21. The van der Waals surface area contributed by atoms with E-state index in [0.29, 0.717) is 46.0 Å². The highest BCUT2D eigenvalue weighted by Gasteiger charge is 2.28. The fourth-order valence-corrected chi connectivity index (χ4v) is 4.54. The first-order valence-electron chi connectivity index (χ1n) is 12.9. The molecule has 0 fully saturated rings. The summed E-state index contributed by atoms with van der Waals surface area (Å²) >= 11 is 0. The maximum absolute atomic E-state index is 13.8. The molecule has 1 heterocycles. The third-order valence-electron chi connectivity index (χ3n) is 6.62. The molecule has 5 rings (SSSR count). The zero-order chi connectivity index (χ0) is 28.2. The van der Waals surface area contributed by atoms with Gasteiger partial charge in [0.15, 0.2) is 0 Å². The molecule has 1 N–H and O–H groups in total. The van der Waals surface area contributed by atoms with Crippen LogP contribution < -0.4 is 10.2 Å². The molecular weight excluding hydrogens is 510 g/mol. The lowest BCUT2D eigenvalue weighted by atomic mass is 10.00. The van der Waals surface area contributed by atoms with Crippen LogP contribution in [0.3, 0.4) is 0 Å². The Balaban J connectivity index is 1.58. The molecule has 8 heteroatoms. The van der Waals surface area contributed by atoms with E-state index in [1.165, 1.54) is 24.3 Å². The van der Waals surface area contributed by atoms with E-state index in [2.05, 4.69) is 5.32 Å². The summed E-state index contributed by atoms with van der Waals surface area (Å²) in [5.74, 6) is -1.17. The highest BCUT2D eigenvalue weighted by molar-refractivity contribution is 6.21. The quantitative estimate of drug-likeness (QED) is 0.314. The minimum absolute atomic E-state index is 0.119. The van der Waals surface area contributed by atoms with Crippen LogP contribution in [0.1, 0.15) is 33.5 Å². The molecule has 2 amide bonds. The van der Waals surface area contributed by atoms with E-state index in [9.17, 15) is 18.4 Å². The van der Waals surface area contributed by atoms with Crippen molar-refractivity contribution in [1.29, 1.82) is 0 Å². The second-order valence-electron chi connectivity index (χ2n) is 9.78. The lowest BCUT2D eigenvalue weighted by Crippen LogP contribution is -2.30. The lowest BCUT2D eigenvalue weighted by Gasteiger charge is -2.25. The number of halogens is 2. The average molecular weight is 539 g/mol. The Morgan fingerprint density at radius 3 is 2.23 bits per heavy atom. The third-order valence-corrected chi connectivity index (χ3v) is 6.62. The fraction of sp³-hybridized carbons (Fsp3) is 0.156. The predicted octanol–water partition coefficient (Wildman–Crippen LogP) is 5.99. The van der Waals surface area contributed by atoms with Crippen molar-refractivity contribution >= 4 is 34.6 Å². The maximum atomic E-state index is 13.8. The Labute approximate surface area is 231 Å². The zero-order valence-corrected chi connectivity index (χ0v) is 22.2. The van der Waals surface area contributed by atoms with Crippen LogP contribution in [0.15, 0.2) is 96.0 Å². The summed E-state index contributed by atoms with van der Waals surface area (Å²) in [6.45, 7) is 0.781. The second kappa shape index (κ2) is 11.6. The van der Waals surface area contributed by atoms with Gasteiger partial charge in [-0.2, -0.15) is 0 Å². The number of carbonyl (C=O) groups excluding carboxylic acids is 2. The molecule has 4 aromatic carbocycles. The van der Waals surface area contributed by atoms with E-state index in [4.69, 9.17) is 4.99 Å². The first-order chi connectivity index (χ1) is 19.3. The Morgan fingerprint density at radius 2 is 1.52 bits per heavy atom. The van der Waals surface area contributed by atoms with Gasteiger partial charge < -0.3 is 10.2 Å². The number of aliphatic imine (C=N–C) groups is 1. The van der Waals surface area contributed by atoms with Gasteiger partial charge in [0, 0.05) is 36.2 Å². The largest absolute Gasteiger partial charge is 0.348 e. The van der Waals surface area contributed by atoms with Crippen molar-refractivity contribution in [3.8, 4) is 0 Å². The van der Waals surface area contributed by atoms with Crippen molar-refractivity contribution in [2.24, 2.45) is 4.99 Å². The smallest absolute Gasteiger partial charge is 0.251 e. The number of amides is 2. The molecule has 0 spiro atoms. The Hall–Kier alpha value is -4.69. The van der Waals surface area contributed by atoms with E-state index >= 15 is 0 Å². The molecular formula is C32H28F2N4O2. The van der Waals surface area contributed by atoms with Crippen molar-refractivity contribution in [3.63, 3.8) is 0 Å².